The Kier molecular flexibility index (Phi) is 9.14. The highest BCUT2D eigenvalue weighted by Crippen LogP contribution is 2.35. The van der Waals surface area contributed by atoms with E-state index in [0.29, 0.717) is 62.0 Å². The molecule has 1 unspecified atom stereocenters. The number of nitrogens with zero attached hydrogens (tertiary/aromatic N) is 6. The predicted molar refractivity (Wildman–Crippen MR) is 182 cm³/mol. The monoisotopic (exact) mass is 648 g/mol. The lowest BCUT2D eigenvalue weighted by Crippen LogP contribution is -2.43. The zero-order chi connectivity index (χ0) is 33.0. The average molecular weight is 649 g/mol. The first kappa shape index (κ1) is 31.5. The van der Waals surface area contributed by atoms with Gasteiger partial charge in [-0.3, -0.25) is 4.98 Å². The fourth-order valence-electron chi connectivity index (χ4n) is 6.70. The number of imidazole rings is 1. The van der Waals surface area contributed by atoms with Crippen LogP contribution >= 0.6 is 0 Å². The van der Waals surface area contributed by atoms with E-state index in [2.05, 4.69) is 45.2 Å². The van der Waals surface area contributed by atoms with Gasteiger partial charge in [0, 0.05) is 43.8 Å². The van der Waals surface area contributed by atoms with Gasteiger partial charge in [-0.05, 0) is 36.1 Å². The van der Waals surface area contributed by atoms with Crippen molar-refractivity contribution in [3.05, 3.63) is 108 Å². The van der Waals surface area contributed by atoms with Crippen molar-refractivity contribution in [3.8, 4) is 0 Å². The molecule has 0 spiro atoms. The fourth-order valence-corrected chi connectivity index (χ4v) is 6.70. The zero-order valence-electron chi connectivity index (χ0n) is 26.4. The maximum absolute atomic E-state index is 12.7. The molecule has 5 aromatic rings. The minimum absolute atomic E-state index is 0.0396. The number of aliphatic hydroxyl groups excluding tert-OH is 2. The highest BCUT2D eigenvalue weighted by atomic mass is 16.3. The van der Waals surface area contributed by atoms with Gasteiger partial charge < -0.3 is 41.4 Å². The van der Waals surface area contributed by atoms with Gasteiger partial charge in [0.2, 0.25) is 5.95 Å². The van der Waals surface area contributed by atoms with Gasteiger partial charge >= 0.3 is 6.03 Å². The molecule has 13 heteroatoms. The Labute approximate surface area is 278 Å². The quantitative estimate of drug-likeness (QED) is 0.132. The van der Waals surface area contributed by atoms with Crippen molar-refractivity contribution >= 4 is 29.0 Å². The topological polar surface area (TPSA) is 179 Å². The first-order valence-corrected chi connectivity index (χ1v) is 16.3. The van der Waals surface area contributed by atoms with E-state index >= 15 is 0 Å². The van der Waals surface area contributed by atoms with Crippen molar-refractivity contribution in [3.63, 3.8) is 0 Å². The summed E-state index contributed by atoms with van der Waals surface area (Å²) in [6.07, 6.45) is 2.33. The van der Waals surface area contributed by atoms with Crippen LogP contribution in [0.2, 0.25) is 0 Å². The molecule has 1 aliphatic carbocycles. The number of benzene rings is 2. The second kappa shape index (κ2) is 13.9. The summed E-state index contributed by atoms with van der Waals surface area (Å²) in [5.41, 5.74) is 10.3. The minimum Gasteiger partial charge on any atom is -0.389 e. The molecular weight excluding hydrogens is 608 g/mol. The number of urea groups is 1. The maximum atomic E-state index is 12.7. The molecule has 48 heavy (non-hydrogen) atoms. The molecule has 248 valence electrons. The number of anilines is 2. The highest BCUT2D eigenvalue weighted by molar-refractivity contribution is 5.84. The van der Waals surface area contributed by atoms with Crippen molar-refractivity contribution in [2.75, 3.05) is 29.9 Å². The second-order valence-corrected chi connectivity index (χ2v) is 12.5. The third-order valence-corrected chi connectivity index (χ3v) is 9.30. The molecule has 4 heterocycles. The molecule has 2 amide bonds. The molecule has 2 aromatic carbocycles. The number of fused-ring (bicyclic) bond motifs is 1. The van der Waals surface area contributed by atoms with Gasteiger partial charge in [-0.15, -0.1) is 0 Å². The molecule has 7 rings (SSSR count). The van der Waals surface area contributed by atoms with Gasteiger partial charge in [-0.1, -0.05) is 66.7 Å². The second-order valence-electron chi connectivity index (χ2n) is 12.5. The van der Waals surface area contributed by atoms with Crippen LogP contribution in [0.15, 0.2) is 91.4 Å². The number of hydrogen-bond donors (Lipinski definition) is 6. The number of aromatic nitrogens is 5. The van der Waals surface area contributed by atoms with Gasteiger partial charge in [-0.25, -0.2) is 9.78 Å². The van der Waals surface area contributed by atoms with Crippen LogP contribution in [0.3, 0.4) is 0 Å². The molecule has 2 aliphatic rings. The fraction of sp³-hybridized carbons (Fsp3) is 0.343. The summed E-state index contributed by atoms with van der Waals surface area (Å²) < 4.78 is 1.80. The number of hydrogen-bond acceptors (Lipinski definition) is 10. The molecule has 13 nitrogen and oxygen atoms in total. The number of amides is 2. The highest BCUT2D eigenvalue weighted by Gasteiger charge is 2.41. The molecule has 7 N–H and O–H groups in total. The van der Waals surface area contributed by atoms with Crippen LogP contribution in [0, 0.1) is 0 Å². The third-order valence-electron chi connectivity index (χ3n) is 9.30. The summed E-state index contributed by atoms with van der Waals surface area (Å²) in [5.74, 6) is 1.09. The van der Waals surface area contributed by atoms with Crippen LogP contribution in [0.5, 0.6) is 0 Å². The number of carbonyl (C=O) groups excluding carboxylic acids is 1. The summed E-state index contributed by atoms with van der Waals surface area (Å²) in [6, 6.07) is 24.8. The number of aliphatic hydroxyl groups is 2. The largest absolute Gasteiger partial charge is 0.389 e. The van der Waals surface area contributed by atoms with E-state index in [-0.39, 0.29) is 18.0 Å². The molecule has 1 saturated heterocycles. The van der Waals surface area contributed by atoms with Crippen molar-refractivity contribution < 1.29 is 15.0 Å². The summed E-state index contributed by atoms with van der Waals surface area (Å²) >= 11 is 0. The lowest BCUT2D eigenvalue weighted by atomic mass is 9.91. The molecular formula is C35H40N10O3. The average Bonchev–Trinajstić information content (AvgIpc) is 3.83. The number of pyridine rings is 1. The molecule has 0 bridgehead atoms. The number of nitrogens with one attached hydrogen (secondary N) is 3. The van der Waals surface area contributed by atoms with Crippen LogP contribution in [0.4, 0.5) is 16.6 Å². The molecule has 5 atom stereocenters. The van der Waals surface area contributed by atoms with Crippen molar-refractivity contribution in [2.45, 2.75) is 55.6 Å². The van der Waals surface area contributed by atoms with E-state index in [1.807, 2.05) is 59.5 Å². The summed E-state index contributed by atoms with van der Waals surface area (Å²) in [7, 11) is 0. The zero-order valence-corrected chi connectivity index (χ0v) is 26.4. The first-order valence-electron chi connectivity index (χ1n) is 16.3. The van der Waals surface area contributed by atoms with E-state index in [1.54, 1.807) is 17.1 Å². The van der Waals surface area contributed by atoms with Crippen molar-refractivity contribution in [2.24, 2.45) is 5.73 Å². The molecule has 3 aromatic heterocycles. The smallest absolute Gasteiger partial charge is 0.315 e. The minimum atomic E-state index is -1.06. The summed E-state index contributed by atoms with van der Waals surface area (Å²) in [6.45, 7) is 2.03. The Morgan fingerprint density at radius 3 is 2.33 bits per heavy atom. The van der Waals surface area contributed by atoms with Crippen LogP contribution in [-0.4, -0.2) is 84.7 Å². The summed E-state index contributed by atoms with van der Waals surface area (Å²) in [5, 5.41) is 30.8. The predicted octanol–water partition coefficient (Wildman–Crippen LogP) is 2.54. The number of nitrogens with two attached hydrogens (primary N) is 1. The Hall–Kier alpha value is -5.11. The lowest BCUT2D eigenvalue weighted by Gasteiger charge is -2.22. The van der Waals surface area contributed by atoms with Gasteiger partial charge in [-0.2, -0.15) is 9.97 Å². The summed E-state index contributed by atoms with van der Waals surface area (Å²) in [4.78, 5) is 33.6. The molecule has 1 saturated carbocycles. The van der Waals surface area contributed by atoms with Gasteiger partial charge in [0.15, 0.2) is 17.0 Å². The van der Waals surface area contributed by atoms with E-state index in [0.717, 1.165) is 5.69 Å². The van der Waals surface area contributed by atoms with Crippen LogP contribution in [0.25, 0.3) is 11.2 Å². The Balaban J connectivity index is 1.15. The Bertz CT molecular complexity index is 1790. The SMILES string of the molecule is N[C@H]1C[C@@H](n2cnc3c(NCC(c4ccccc4)c4ccccc4)nc(N4CCC(NC(=O)NCc5ccccn5)C4)nc32)[C@H](O)[C@@H]1O. The molecule has 2 fully saturated rings. The lowest BCUT2D eigenvalue weighted by molar-refractivity contribution is 0.0187. The molecule has 1 aliphatic heterocycles. The number of carbonyl (C=O) groups is 1. The third kappa shape index (κ3) is 6.65. The molecule has 0 radical (unpaired) electrons. The van der Waals surface area contributed by atoms with Crippen molar-refractivity contribution in [1.82, 2.24) is 35.1 Å². The maximum Gasteiger partial charge on any atom is 0.315 e. The first-order chi connectivity index (χ1) is 23.4. The van der Waals surface area contributed by atoms with E-state index < -0.39 is 24.3 Å². The Morgan fingerprint density at radius 2 is 1.67 bits per heavy atom. The van der Waals surface area contributed by atoms with Gasteiger partial charge in [0.05, 0.1) is 30.7 Å². The van der Waals surface area contributed by atoms with Crippen LogP contribution < -0.4 is 26.6 Å². The van der Waals surface area contributed by atoms with Gasteiger partial charge in [0.25, 0.3) is 0 Å². The Morgan fingerprint density at radius 1 is 0.938 bits per heavy atom. The van der Waals surface area contributed by atoms with Crippen molar-refractivity contribution in [1.29, 1.82) is 0 Å². The van der Waals surface area contributed by atoms with E-state index in [9.17, 15) is 15.0 Å². The van der Waals surface area contributed by atoms with Crippen LogP contribution in [0.1, 0.15) is 41.6 Å². The normalized spacial score (nSPS) is 22.3. The van der Waals surface area contributed by atoms with Crippen LogP contribution in [-0.2, 0) is 6.54 Å². The van der Waals surface area contributed by atoms with Gasteiger partial charge in [0.1, 0.15) is 6.10 Å². The standard InChI is InChI=1S/C35H40N10O3/c36-27-17-28(31(47)30(27)46)45-21-40-29-32(38-19-26(22-9-3-1-4-10-22)23-11-5-2-6-12-23)42-34(43-33(29)45)44-16-14-25(20-44)41-35(48)39-18-24-13-7-8-15-37-24/h1-13,15,21,25-28,30-31,46-47H,14,16-20,36H2,(H,38,42,43)(H2,39,41,48)/t25?,27-,28+,30+,31-/m0/s1. The number of rotatable bonds is 10. The van der Waals surface area contributed by atoms with E-state index in [4.69, 9.17) is 20.7 Å². The van der Waals surface area contributed by atoms with E-state index in [1.165, 1.54) is 11.1 Å².